The zero-order chi connectivity index (χ0) is 68.9. The topological polar surface area (TPSA) is 49.9 Å². The number of hydrogen-bond acceptors (Lipinski definition) is 12. The Morgan fingerprint density at radius 3 is 0.971 bits per heavy atom. The number of fused-ring (bicyclic) bond motifs is 12. The van der Waals surface area contributed by atoms with Crippen LogP contribution in [0.15, 0.2) is 255 Å². The second-order valence-corrected chi connectivity index (χ2v) is 30.0. The van der Waals surface area contributed by atoms with E-state index >= 15 is 0 Å². The Kier molecular flexibility index (Phi) is 14.8. The van der Waals surface area contributed by atoms with E-state index in [0.29, 0.717) is 0 Å². The molecule has 0 saturated heterocycles. The molecule has 6 aliphatic heterocycles. The second-order valence-electron chi connectivity index (χ2n) is 27.8. The number of aryl methyl sites for hydroxylation is 6. The van der Waals surface area contributed by atoms with Crippen LogP contribution in [-0.4, -0.2) is 38.9 Å². The van der Waals surface area contributed by atoms with Crippen LogP contribution in [0.3, 0.4) is 0 Å². The van der Waals surface area contributed by atoms with Gasteiger partial charge in [0.2, 0.25) is 0 Å². The fraction of sp³-hybridized carbons (Fsp3) is 0.103. The molecule has 0 spiro atoms. The van der Waals surface area contributed by atoms with E-state index in [1.54, 1.807) is 35.8 Å². The molecule has 0 atom stereocenters. The minimum atomic E-state index is -0.210. The molecule has 0 amide bonds. The lowest BCUT2D eigenvalue weighted by molar-refractivity contribution is 0.487. The fourth-order valence-electron chi connectivity index (χ4n) is 16.6. The summed E-state index contributed by atoms with van der Waals surface area (Å²) >= 11 is 5.28. The van der Waals surface area contributed by atoms with E-state index in [1.807, 2.05) is 0 Å². The molecule has 13 aromatic rings. The van der Waals surface area contributed by atoms with E-state index < -0.39 is 0 Å². The maximum atomic E-state index is 7.27. The van der Waals surface area contributed by atoms with Crippen molar-refractivity contribution in [2.45, 2.75) is 41.5 Å². The van der Waals surface area contributed by atoms with Gasteiger partial charge in [-0.05, 0) is 248 Å². The number of nitrogens with one attached hydrogen (secondary N) is 1. The third-order valence-corrected chi connectivity index (χ3v) is 23.7. The summed E-state index contributed by atoms with van der Waals surface area (Å²) in [4.78, 5) is 7.18. The van der Waals surface area contributed by atoms with Crippen LogP contribution in [0.25, 0.3) is 0 Å². The summed E-state index contributed by atoms with van der Waals surface area (Å²) in [6.07, 6.45) is 6.70. The summed E-state index contributed by atoms with van der Waals surface area (Å²) in [6, 6.07) is 95.2. The van der Waals surface area contributed by atoms with Crippen LogP contribution in [0.2, 0.25) is 0 Å². The molecule has 9 nitrogen and oxygen atoms in total. The molecule has 1 N–H and O–H groups in total. The molecule has 19 rings (SSSR count). The number of ether oxygens (including phenoxy) is 2. The first-order chi connectivity index (χ1) is 49.9. The van der Waals surface area contributed by atoms with Crippen molar-refractivity contribution in [2.75, 3.05) is 51.7 Å². The zero-order valence-electron chi connectivity index (χ0n) is 58.2. The lowest BCUT2D eigenvalue weighted by Crippen LogP contribution is -2.65. The van der Waals surface area contributed by atoms with E-state index in [4.69, 9.17) is 9.47 Å². The van der Waals surface area contributed by atoms with Crippen molar-refractivity contribution >= 4 is 202 Å². The van der Waals surface area contributed by atoms with Crippen LogP contribution in [0.1, 0.15) is 33.4 Å². The molecule has 0 radical (unpaired) electrons. The highest BCUT2D eigenvalue weighted by Gasteiger charge is 2.50. The summed E-state index contributed by atoms with van der Waals surface area (Å²) in [7, 11) is 0. The van der Waals surface area contributed by atoms with Crippen LogP contribution >= 0.6 is 35.8 Å². The highest BCUT2D eigenvalue weighted by atomic mass is 32.2. The normalized spacial score (nSPS) is 13.4. The zero-order valence-corrected chi connectivity index (χ0v) is 60.7. The number of nitrogens with zero attached hydrogens (tertiary/aromatic N) is 6. The number of hydrogen-bond donors (Lipinski definition) is 1. The van der Waals surface area contributed by atoms with Gasteiger partial charge in [-0.3, -0.25) is 12.9 Å². The van der Waals surface area contributed by atoms with Crippen molar-refractivity contribution in [3.8, 4) is 23.0 Å². The van der Waals surface area contributed by atoms with Gasteiger partial charge in [-0.2, -0.15) is 0 Å². The molecule has 6 heterocycles. The standard InChI is InChI=1S/C87H70B3N7O2S3/c1-52-18-30-58(31-19-52)92(59-32-20-53(2)21-33-59)64-42-74-85-83(46-64)98-81-16-12-10-14-67(81)88(85)69-48-70-75(50-73(69)91-74)95(100-7)78-43-65(93(60-34-22-54(3)23-35-60)61-36-24-55(4)25-37-61)44-79-86(78)90(70)72-49-71-76(51-77(72)96(79)101-8)97(102-9)80-45-66(47-84-87(80)89(71)68-15-11-13-17-82(68)99-84)94(62-38-26-56(5)27-39-62)63-40-28-57(6)29-41-63/h10-51,91H,1-9H3. The summed E-state index contributed by atoms with van der Waals surface area (Å²) in [5, 5.41) is 4.17. The number of benzene rings is 13. The Hall–Kier alpha value is -10.7. The Morgan fingerprint density at radius 2 is 0.578 bits per heavy atom. The van der Waals surface area contributed by atoms with Gasteiger partial charge in [0.15, 0.2) is 0 Å². The lowest BCUT2D eigenvalue weighted by atomic mass is 9.29. The Morgan fingerprint density at radius 1 is 0.265 bits per heavy atom. The molecule has 0 aromatic heterocycles. The Bertz CT molecular complexity index is 5450. The van der Waals surface area contributed by atoms with E-state index in [-0.39, 0.29) is 20.1 Å². The predicted molar refractivity (Wildman–Crippen MR) is 442 cm³/mol. The molecule has 492 valence electrons. The largest absolute Gasteiger partial charge is 0.458 e. The van der Waals surface area contributed by atoms with Crippen LogP contribution in [0.4, 0.5) is 96.7 Å². The molecule has 0 aliphatic carbocycles. The molecule has 0 bridgehead atoms. The number of rotatable bonds is 12. The van der Waals surface area contributed by atoms with Gasteiger partial charge in [0.1, 0.15) is 23.0 Å². The van der Waals surface area contributed by atoms with Gasteiger partial charge in [-0.25, -0.2) is 0 Å². The van der Waals surface area contributed by atoms with Crippen molar-refractivity contribution in [1.29, 1.82) is 0 Å². The van der Waals surface area contributed by atoms with Gasteiger partial charge in [0, 0.05) is 93.5 Å². The third kappa shape index (κ3) is 9.89. The molecule has 15 heteroatoms. The van der Waals surface area contributed by atoms with Crippen molar-refractivity contribution in [3.05, 3.63) is 288 Å². The molecule has 0 unspecified atom stereocenters. The molecule has 0 fully saturated rings. The molecular formula is C87H70B3N7O2S3. The minimum Gasteiger partial charge on any atom is -0.458 e. The molecule has 13 aromatic carbocycles. The monoisotopic (exact) mass is 1370 g/mol. The minimum absolute atomic E-state index is 0.151. The lowest BCUT2D eigenvalue weighted by Gasteiger charge is -2.46. The van der Waals surface area contributed by atoms with Crippen LogP contribution in [0.5, 0.6) is 23.0 Å². The average molecular weight is 1370 g/mol. The van der Waals surface area contributed by atoms with E-state index in [9.17, 15) is 0 Å². The van der Waals surface area contributed by atoms with Crippen LogP contribution < -0.4 is 91.6 Å². The average Bonchev–Trinajstić information content (AvgIpc) is 0.683. The van der Waals surface area contributed by atoms with Gasteiger partial charge in [-0.15, -0.1) is 0 Å². The third-order valence-electron chi connectivity index (χ3n) is 21.4. The van der Waals surface area contributed by atoms with Gasteiger partial charge >= 0.3 is 0 Å². The van der Waals surface area contributed by atoms with Crippen LogP contribution in [-0.2, 0) is 0 Å². The Balaban J connectivity index is 0.853. The predicted octanol–water partition coefficient (Wildman–Crippen LogP) is 18.0. The smallest absolute Gasteiger partial charge is 0.256 e. The van der Waals surface area contributed by atoms with Gasteiger partial charge < -0.3 is 29.5 Å². The maximum Gasteiger partial charge on any atom is 0.256 e. The van der Waals surface area contributed by atoms with Crippen molar-refractivity contribution in [1.82, 2.24) is 0 Å². The van der Waals surface area contributed by atoms with E-state index in [2.05, 4.69) is 348 Å². The first-order valence-electron chi connectivity index (χ1n) is 34.9. The highest BCUT2D eigenvalue weighted by Crippen LogP contribution is 2.52. The van der Waals surface area contributed by atoms with E-state index in [1.165, 1.54) is 60.7 Å². The SMILES string of the molecule is CSN1c2cc3c(cc2B2c4ccccc4Oc4cc(N(c5ccc(C)cc5)c5ccc(C)cc5)cc1c42)B1c2cc4c(cc2N(SC)c2cc(N(c5ccc(C)cc5)c5ccc(C)cc5)cc(c21)N3SC)Nc1cc(N(c2ccc(C)cc2)c2ccc(C)cc2)cc2c1B4c1ccccc1O2. The molecular weight excluding hydrogens is 1300 g/mol. The summed E-state index contributed by atoms with van der Waals surface area (Å²) in [5.74, 6) is 3.43. The van der Waals surface area contributed by atoms with Crippen LogP contribution in [0, 0.1) is 41.5 Å². The summed E-state index contributed by atoms with van der Waals surface area (Å²) < 4.78 is 22.0. The molecule has 102 heavy (non-hydrogen) atoms. The number of para-hydroxylation sites is 2. The summed E-state index contributed by atoms with van der Waals surface area (Å²) in [5.41, 5.74) is 36.6. The van der Waals surface area contributed by atoms with Gasteiger partial charge in [-0.1, -0.05) is 155 Å². The first kappa shape index (κ1) is 62.3. The molecule has 6 aliphatic rings. The van der Waals surface area contributed by atoms with Gasteiger partial charge in [0.25, 0.3) is 20.1 Å². The first-order valence-corrected chi connectivity index (χ1v) is 38.4. The highest BCUT2D eigenvalue weighted by molar-refractivity contribution is 8.01. The van der Waals surface area contributed by atoms with E-state index in [0.717, 1.165) is 142 Å². The van der Waals surface area contributed by atoms with Gasteiger partial charge in [0.05, 0.1) is 34.1 Å². The Labute approximate surface area is 611 Å². The maximum absolute atomic E-state index is 7.27. The van der Waals surface area contributed by atoms with Crippen molar-refractivity contribution < 1.29 is 9.47 Å². The second kappa shape index (κ2) is 24.3. The summed E-state index contributed by atoms with van der Waals surface area (Å²) in [6.45, 7) is 12.4. The van der Waals surface area contributed by atoms with Crippen molar-refractivity contribution in [2.24, 2.45) is 0 Å². The molecule has 0 saturated carbocycles. The quantitative estimate of drug-likeness (QED) is 0.0937. The van der Waals surface area contributed by atoms with Crippen molar-refractivity contribution in [3.63, 3.8) is 0 Å². The number of anilines is 17. The fourth-order valence-corrected chi connectivity index (χ4v) is 18.7.